The van der Waals surface area contributed by atoms with Crippen LogP contribution in [0.3, 0.4) is 0 Å². The summed E-state index contributed by atoms with van der Waals surface area (Å²) in [7, 11) is 0. The number of H-pyrrole nitrogens is 1. The molecule has 1 unspecified atom stereocenters. The number of aromatic nitrogens is 4. The number of benzene rings is 1. The lowest BCUT2D eigenvalue weighted by molar-refractivity contribution is -0.123. The van der Waals surface area contributed by atoms with E-state index in [0.29, 0.717) is 28.5 Å². The Balaban J connectivity index is 1.47. The Morgan fingerprint density at radius 2 is 1.94 bits per heavy atom. The molecule has 186 valence electrons. The van der Waals surface area contributed by atoms with Gasteiger partial charge in [0.15, 0.2) is 11.6 Å². The molecule has 1 aliphatic heterocycles. The van der Waals surface area contributed by atoms with Crippen molar-refractivity contribution in [2.45, 2.75) is 58.9 Å². The van der Waals surface area contributed by atoms with Gasteiger partial charge >= 0.3 is 0 Å². The van der Waals surface area contributed by atoms with Crippen molar-refractivity contribution in [1.82, 2.24) is 25.1 Å². The number of hydrogen-bond acceptors (Lipinski definition) is 7. The fourth-order valence-electron chi connectivity index (χ4n) is 4.81. The first-order chi connectivity index (χ1) is 16.7. The number of carbonyl (C=O) groups is 1. The van der Waals surface area contributed by atoms with Gasteiger partial charge in [0.25, 0.3) is 0 Å². The molecular formula is C25H33ClN8O. The van der Waals surface area contributed by atoms with Crippen LogP contribution in [0, 0.1) is 20.8 Å². The van der Waals surface area contributed by atoms with E-state index in [0.717, 1.165) is 49.3 Å². The van der Waals surface area contributed by atoms with Crippen LogP contribution in [0.2, 0.25) is 5.02 Å². The summed E-state index contributed by atoms with van der Waals surface area (Å²) in [5.74, 6) is 1.80. The van der Waals surface area contributed by atoms with Gasteiger partial charge in [-0.3, -0.25) is 14.8 Å². The first-order valence-corrected chi connectivity index (χ1v) is 12.4. The number of nitrogens with one attached hydrogen (secondary N) is 3. The summed E-state index contributed by atoms with van der Waals surface area (Å²) in [5, 5.41) is 13.9. The number of rotatable bonds is 8. The molecule has 4 rings (SSSR count). The third-order valence-corrected chi connectivity index (χ3v) is 6.96. The van der Waals surface area contributed by atoms with E-state index in [1.807, 2.05) is 19.9 Å². The molecule has 5 N–H and O–H groups in total. The summed E-state index contributed by atoms with van der Waals surface area (Å²) in [4.78, 5) is 22.9. The number of amides is 1. The number of aromatic amines is 1. The van der Waals surface area contributed by atoms with Crippen molar-refractivity contribution in [1.29, 1.82) is 0 Å². The Labute approximate surface area is 210 Å². The van der Waals surface area contributed by atoms with Crippen molar-refractivity contribution >= 4 is 40.8 Å². The molecule has 35 heavy (non-hydrogen) atoms. The monoisotopic (exact) mass is 496 g/mol. The quantitative estimate of drug-likeness (QED) is 0.356. The van der Waals surface area contributed by atoms with Gasteiger partial charge in [-0.2, -0.15) is 10.1 Å². The first kappa shape index (κ1) is 24.9. The fraction of sp³-hybridized carbons (Fsp3) is 0.440. The molecular weight excluding hydrogens is 464 g/mol. The minimum atomic E-state index is -0.226. The molecule has 1 atom stereocenters. The van der Waals surface area contributed by atoms with Gasteiger partial charge in [0.2, 0.25) is 11.9 Å². The highest BCUT2D eigenvalue weighted by atomic mass is 35.5. The minimum Gasteiger partial charge on any atom is -0.368 e. The zero-order valence-electron chi connectivity index (χ0n) is 20.7. The number of aryl methyl sites for hydroxylation is 3. The minimum absolute atomic E-state index is 0.166. The number of nitrogens with zero attached hydrogens (tertiary/aromatic N) is 4. The third-order valence-electron chi connectivity index (χ3n) is 6.68. The zero-order valence-corrected chi connectivity index (χ0v) is 21.4. The van der Waals surface area contributed by atoms with Gasteiger partial charge in [-0.1, -0.05) is 24.6 Å². The SMILES string of the molecule is CCC(C(N)=O)N1CCC(c2cc(C)c(Nc3ncc(Cl)c(Nc4cc(C)[nH]n4)n3)cc2C)CC1. The van der Waals surface area contributed by atoms with Crippen molar-refractivity contribution in [2.75, 3.05) is 23.7 Å². The maximum atomic E-state index is 11.7. The van der Waals surface area contributed by atoms with Gasteiger partial charge in [-0.25, -0.2) is 4.98 Å². The largest absolute Gasteiger partial charge is 0.368 e. The van der Waals surface area contributed by atoms with E-state index in [9.17, 15) is 4.79 Å². The lowest BCUT2D eigenvalue weighted by atomic mass is 9.85. The van der Waals surface area contributed by atoms with Gasteiger partial charge in [-0.15, -0.1) is 0 Å². The molecule has 2 aromatic heterocycles. The predicted molar refractivity (Wildman–Crippen MR) is 140 cm³/mol. The third kappa shape index (κ3) is 5.74. The van der Waals surface area contributed by atoms with Crippen LogP contribution in [-0.2, 0) is 4.79 Å². The van der Waals surface area contributed by atoms with Crippen LogP contribution in [0.15, 0.2) is 24.4 Å². The second-order valence-electron chi connectivity index (χ2n) is 9.24. The van der Waals surface area contributed by atoms with Crippen molar-refractivity contribution in [3.05, 3.63) is 51.8 Å². The normalized spacial score (nSPS) is 15.7. The van der Waals surface area contributed by atoms with E-state index in [1.165, 1.54) is 11.1 Å². The molecule has 0 aliphatic carbocycles. The second-order valence-corrected chi connectivity index (χ2v) is 9.64. The van der Waals surface area contributed by atoms with Gasteiger partial charge in [0, 0.05) is 17.4 Å². The van der Waals surface area contributed by atoms with Gasteiger partial charge in [0.05, 0.1) is 12.2 Å². The average Bonchev–Trinajstić information content (AvgIpc) is 3.23. The van der Waals surface area contributed by atoms with Crippen LogP contribution >= 0.6 is 11.6 Å². The predicted octanol–water partition coefficient (Wildman–Crippen LogP) is 4.71. The highest BCUT2D eigenvalue weighted by molar-refractivity contribution is 6.32. The van der Waals surface area contributed by atoms with E-state index >= 15 is 0 Å². The van der Waals surface area contributed by atoms with Gasteiger partial charge in [0.1, 0.15) is 5.02 Å². The van der Waals surface area contributed by atoms with Crippen LogP contribution < -0.4 is 16.4 Å². The van der Waals surface area contributed by atoms with Crippen LogP contribution in [0.25, 0.3) is 0 Å². The van der Waals surface area contributed by atoms with Crippen LogP contribution in [0.5, 0.6) is 0 Å². The van der Waals surface area contributed by atoms with Crippen LogP contribution in [-0.4, -0.2) is 50.1 Å². The van der Waals surface area contributed by atoms with Crippen molar-refractivity contribution in [2.24, 2.45) is 5.73 Å². The van der Waals surface area contributed by atoms with Crippen LogP contribution in [0.1, 0.15) is 54.5 Å². The number of halogens is 1. The molecule has 1 fully saturated rings. The molecule has 10 heteroatoms. The summed E-state index contributed by atoms with van der Waals surface area (Å²) < 4.78 is 0. The standard InChI is InChI=1S/C25H33ClN8O/c1-5-21(23(27)35)34-8-6-17(7-9-34)18-10-15(3)20(11-14(18)2)29-25-28-13-19(26)24(31-25)30-22-12-16(4)32-33-22/h10-13,17,21H,5-9H2,1-4H3,(H2,27,35)(H3,28,29,30,31,32,33). The number of piperidine rings is 1. The van der Waals surface area contributed by atoms with E-state index in [1.54, 1.807) is 6.20 Å². The van der Waals surface area contributed by atoms with Gasteiger partial charge in [-0.05, 0) is 81.8 Å². The Hall–Kier alpha value is -3.17. The number of likely N-dealkylation sites (tertiary alicyclic amines) is 1. The Morgan fingerprint density at radius 1 is 1.20 bits per heavy atom. The lowest BCUT2D eigenvalue weighted by Crippen LogP contribution is -2.47. The topological polar surface area (TPSA) is 125 Å². The number of hydrogen-bond donors (Lipinski definition) is 4. The summed E-state index contributed by atoms with van der Waals surface area (Å²) in [6, 6.07) is 6.11. The molecule has 3 heterocycles. The molecule has 3 aromatic rings. The van der Waals surface area contributed by atoms with Gasteiger partial charge < -0.3 is 16.4 Å². The molecule has 0 saturated carbocycles. The first-order valence-electron chi connectivity index (χ1n) is 12.0. The van der Waals surface area contributed by atoms with E-state index in [-0.39, 0.29) is 11.9 Å². The van der Waals surface area contributed by atoms with E-state index in [2.05, 4.69) is 61.7 Å². The maximum absolute atomic E-state index is 11.7. The Kier molecular flexibility index (Phi) is 7.57. The van der Waals surface area contributed by atoms with E-state index < -0.39 is 0 Å². The number of nitrogens with two attached hydrogens (primary N) is 1. The summed E-state index contributed by atoms with van der Waals surface area (Å²) in [6.07, 6.45) is 4.35. The second kappa shape index (κ2) is 10.6. The smallest absolute Gasteiger partial charge is 0.234 e. The molecule has 0 spiro atoms. The number of carbonyl (C=O) groups excluding carboxylic acids is 1. The molecule has 0 bridgehead atoms. The molecule has 0 radical (unpaired) electrons. The number of primary amides is 1. The molecule has 1 aromatic carbocycles. The summed E-state index contributed by atoms with van der Waals surface area (Å²) >= 11 is 6.29. The lowest BCUT2D eigenvalue weighted by Gasteiger charge is -2.36. The van der Waals surface area contributed by atoms with Crippen molar-refractivity contribution in [3.63, 3.8) is 0 Å². The van der Waals surface area contributed by atoms with E-state index in [4.69, 9.17) is 17.3 Å². The molecule has 1 amide bonds. The van der Waals surface area contributed by atoms with Crippen molar-refractivity contribution < 1.29 is 4.79 Å². The Bertz CT molecular complexity index is 1200. The fourth-order valence-corrected chi connectivity index (χ4v) is 4.95. The molecule has 1 saturated heterocycles. The van der Waals surface area contributed by atoms with Crippen molar-refractivity contribution in [3.8, 4) is 0 Å². The maximum Gasteiger partial charge on any atom is 0.234 e. The highest BCUT2D eigenvalue weighted by Crippen LogP contribution is 2.34. The zero-order chi connectivity index (χ0) is 25.1. The highest BCUT2D eigenvalue weighted by Gasteiger charge is 2.28. The average molecular weight is 497 g/mol. The summed E-state index contributed by atoms with van der Waals surface area (Å²) in [6.45, 7) is 9.93. The summed E-state index contributed by atoms with van der Waals surface area (Å²) in [5.41, 5.74) is 11.2. The van der Waals surface area contributed by atoms with Crippen LogP contribution in [0.4, 0.5) is 23.3 Å². The molecule has 9 nitrogen and oxygen atoms in total. The molecule has 1 aliphatic rings. The number of anilines is 4. The Morgan fingerprint density at radius 3 is 2.57 bits per heavy atom.